The molecule has 4 aliphatic rings. The normalized spacial score (nSPS) is 22.5. The SMILES string of the molecule is CC1CC2(C3=C(CN4CCN(c5ccc(C(=O)NS(=O)(=O)c6ccc(NC(CCNCCCCNC=O)CSc7ccccc7)c(S(=O)(=O)C(F)(F)F)c6)cc5)CC4)CCC(C)(C)C3)CC12. The molecule has 0 bridgehead atoms. The van der Waals surface area contributed by atoms with Gasteiger partial charge in [0.2, 0.25) is 6.41 Å². The Morgan fingerprint density at radius 1 is 0.924 bits per heavy atom. The van der Waals surface area contributed by atoms with Gasteiger partial charge in [0, 0.05) is 67.2 Å². The number of amides is 2. The van der Waals surface area contributed by atoms with Gasteiger partial charge < -0.3 is 20.9 Å². The first kappa shape index (κ1) is 49.8. The molecule has 3 aromatic rings. The first-order valence-electron chi connectivity index (χ1n) is 23.0. The number of anilines is 2. The molecule has 2 amide bonds. The number of nitrogens with one attached hydrogen (secondary N) is 4. The molecule has 12 nitrogen and oxygen atoms in total. The number of thioether (sulfide) groups is 1. The molecule has 7 rings (SSSR count). The van der Waals surface area contributed by atoms with Crippen molar-refractivity contribution in [2.24, 2.45) is 22.7 Å². The van der Waals surface area contributed by atoms with Crippen molar-refractivity contribution in [3.63, 3.8) is 0 Å². The number of carbonyl (C=O) groups is 2. The van der Waals surface area contributed by atoms with Crippen LogP contribution in [0.5, 0.6) is 0 Å². The molecule has 4 unspecified atom stereocenters. The molecule has 66 heavy (non-hydrogen) atoms. The molecular weight excluding hydrogens is 910 g/mol. The number of fused-ring (bicyclic) bond motifs is 1. The van der Waals surface area contributed by atoms with Gasteiger partial charge in [-0.25, -0.2) is 21.6 Å². The lowest BCUT2D eigenvalue weighted by Gasteiger charge is -2.44. The smallest absolute Gasteiger partial charge is 0.380 e. The monoisotopic (exact) mass is 972 g/mol. The van der Waals surface area contributed by atoms with Gasteiger partial charge in [-0.3, -0.25) is 14.5 Å². The maximum atomic E-state index is 14.2. The van der Waals surface area contributed by atoms with Crippen molar-refractivity contribution < 1.29 is 39.6 Å². The number of allylic oxidation sites excluding steroid dienone is 1. The number of rotatable bonds is 22. The number of sulfone groups is 1. The van der Waals surface area contributed by atoms with Crippen LogP contribution in [0.3, 0.4) is 0 Å². The Morgan fingerprint density at radius 2 is 1.64 bits per heavy atom. The fraction of sp³-hybridized carbons (Fsp3) is 0.542. The van der Waals surface area contributed by atoms with Crippen molar-refractivity contribution >= 4 is 55.3 Å². The summed E-state index contributed by atoms with van der Waals surface area (Å²) in [5.41, 5.74) is -1.05. The topological polar surface area (TPSA) is 157 Å². The van der Waals surface area contributed by atoms with Gasteiger partial charge in [0.05, 0.1) is 10.6 Å². The van der Waals surface area contributed by atoms with Crippen LogP contribution in [0.15, 0.2) is 98.6 Å². The highest BCUT2D eigenvalue weighted by atomic mass is 32.2. The highest BCUT2D eigenvalue weighted by Gasteiger charge is 2.67. The van der Waals surface area contributed by atoms with Crippen molar-refractivity contribution in [2.45, 2.75) is 98.4 Å². The quantitative estimate of drug-likeness (QED) is 0.0337. The third-order valence-corrected chi connectivity index (χ3v) is 17.9. The number of carbonyl (C=O) groups excluding carboxylic acids is 2. The van der Waals surface area contributed by atoms with Crippen molar-refractivity contribution in [3.05, 3.63) is 89.5 Å². The molecule has 4 atom stereocenters. The Bertz CT molecular complexity index is 2450. The number of hydrogen-bond acceptors (Lipinski definition) is 11. The zero-order valence-corrected chi connectivity index (χ0v) is 40.4. The third kappa shape index (κ3) is 11.8. The number of benzene rings is 3. The number of unbranched alkanes of at least 4 members (excludes halogenated alkanes) is 1. The van der Waals surface area contributed by atoms with Gasteiger partial charge in [0.1, 0.15) is 4.90 Å². The average molecular weight is 973 g/mol. The van der Waals surface area contributed by atoms with E-state index in [2.05, 4.69) is 46.5 Å². The number of piperazine rings is 1. The van der Waals surface area contributed by atoms with E-state index in [0.717, 1.165) is 80.1 Å². The second kappa shape index (κ2) is 20.6. The number of sulfonamides is 1. The Labute approximate surface area is 392 Å². The van der Waals surface area contributed by atoms with Crippen molar-refractivity contribution in [1.29, 1.82) is 0 Å². The van der Waals surface area contributed by atoms with Gasteiger partial charge in [-0.05, 0) is 142 Å². The van der Waals surface area contributed by atoms with E-state index in [1.54, 1.807) is 23.3 Å². The minimum Gasteiger partial charge on any atom is -0.380 e. The zero-order chi connectivity index (χ0) is 47.3. The molecule has 0 radical (unpaired) electrons. The fourth-order valence-electron chi connectivity index (χ4n) is 10.1. The molecule has 360 valence electrons. The molecule has 1 heterocycles. The number of hydrogen-bond donors (Lipinski definition) is 4. The molecule has 0 spiro atoms. The summed E-state index contributed by atoms with van der Waals surface area (Å²) < 4.78 is 97.6. The van der Waals surface area contributed by atoms with E-state index in [1.165, 1.54) is 56.0 Å². The van der Waals surface area contributed by atoms with Crippen molar-refractivity contribution in [3.8, 4) is 0 Å². The summed E-state index contributed by atoms with van der Waals surface area (Å²) in [6.45, 7) is 13.2. The van der Waals surface area contributed by atoms with Crippen molar-refractivity contribution in [2.75, 3.05) is 68.3 Å². The van der Waals surface area contributed by atoms with E-state index in [0.29, 0.717) is 55.1 Å². The first-order valence-corrected chi connectivity index (χ1v) is 26.9. The van der Waals surface area contributed by atoms with E-state index in [4.69, 9.17) is 0 Å². The molecule has 18 heteroatoms. The van der Waals surface area contributed by atoms with Crippen LogP contribution in [0.2, 0.25) is 0 Å². The van der Waals surface area contributed by atoms with E-state index in [1.807, 2.05) is 35.1 Å². The Hall–Kier alpha value is -4.10. The summed E-state index contributed by atoms with van der Waals surface area (Å²) in [7, 11) is -10.9. The molecule has 3 aromatic carbocycles. The lowest BCUT2D eigenvalue weighted by molar-refractivity contribution is -0.109. The highest BCUT2D eigenvalue weighted by Crippen LogP contribution is 2.76. The first-order chi connectivity index (χ1) is 31.3. The van der Waals surface area contributed by atoms with Crippen molar-refractivity contribution in [1.82, 2.24) is 20.3 Å². The largest absolute Gasteiger partial charge is 0.501 e. The maximum Gasteiger partial charge on any atom is 0.501 e. The Balaban J connectivity index is 0.990. The van der Waals surface area contributed by atoms with Gasteiger partial charge >= 0.3 is 5.51 Å². The van der Waals surface area contributed by atoms with Crippen LogP contribution in [-0.2, 0) is 24.7 Å². The van der Waals surface area contributed by atoms with Gasteiger partial charge in [-0.15, -0.1) is 11.8 Å². The summed E-state index contributed by atoms with van der Waals surface area (Å²) in [5.74, 6) is 1.03. The van der Waals surface area contributed by atoms with Crippen LogP contribution in [0.1, 0.15) is 82.5 Å². The Morgan fingerprint density at radius 3 is 2.29 bits per heavy atom. The molecule has 1 saturated heterocycles. The van der Waals surface area contributed by atoms with Gasteiger partial charge in [0.15, 0.2) is 0 Å². The molecule has 4 N–H and O–H groups in total. The lowest BCUT2D eigenvalue weighted by atomic mass is 9.63. The average Bonchev–Trinajstić information content (AvgIpc) is 3.92. The second-order valence-electron chi connectivity index (χ2n) is 19.2. The summed E-state index contributed by atoms with van der Waals surface area (Å²) in [5, 5.41) is 8.81. The molecule has 0 aromatic heterocycles. The lowest BCUT2D eigenvalue weighted by Crippen LogP contribution is -2.47. The predicted octanol–water partition coefficient (Wildman–Crippen LogP) is 7.85. The molecule has 3 aliphatic carbocycles. The summed E-state index contributed by atoms with van der Waals surface area (Å²) in [4.78, 5) is 27.4. The molecule has 1 aliphatic heterocycles. The summed E-state index contributed by atoms with van der Waals surface area (Å²) in [6.07, 6.45) is 8.79. The van der Waals surface area contributed by atoms with Gasteiger partial charge in [-0.1, -0.05) is 50.1 Å². The van der Waals surface area contributed by atoms with Crippen LogP contribution < -0.4 is 25.6 Å². The molecular formula is C48H63F3N6O6S3. The van der Waals surface area contributed by atoms with Gasteiger partial charge in [0.25, 0.3) is 25.8 Å². The predicted molar refractivity (Wildman–Crippen MR) is 254 cm³/mol. The van der Waals surface area contributed by atoms with Crippen LogP contribution in [0.4, 0.5) is 24.5 Å². The maximum absolute atomic E-state index is 14.2. The number of halogens is 3. The summed E-state index contributed by atoms with van der Waals surface area (Å²) in [6, 6.07) is 17.6. The zero-order valence-electron chi connectivity index (χ0n) is 38.0. The molecule has 2 saturated carbocycles. The minimum atomic E-state index is -6.06. The van der Waals surface area contributed by atoms with E-state index in [9.17, 15) is 39.6 Å². The fourth-order valence-corrected chi connectivity index (χ4v) is 13.1. The molecule has 3 fully saturated rings. The third-order valence-electron chi connectivity index (χ3n) is 13.9. The highest BCUT2D eigenvalue weighted by molar-refractivity contribution is 7.99. The van der Waals surface area contributed by atoms with E-state index >= 15 is 0 Å². The van der Waals surface area contributed by atoms with Gasteiger partial charge in [-0.2, -0.15) is 13.2 Å². The van der Waals surface area contributed by atoms with Crippen LogP contribution >= 0.6 is 11.8 Å². The number of alkyl halides is 3. The Kier molecular flexibility index (Phi) is 15.6. The number of nitrogens with zero attached hydrogens (tertiary/aromatic N) is 2. The van der Waals surface area contributed by atoms with Crippen LogP contribution in [-0.4, -0.2) is 104 Å². The van der Waals surface area contributed by atoms with Crippen LogP contribution in [0.25, 0.3) is 0 Å². The standard InChI is InChI=1S/C48H63F3N6O6S3/c1-34-28-47(30-41(34)47)42-29-46(2,3)19-17-36(42)31-56-23-25-57(26-24-56)38-13-11-35(12-14-38)45(59)55-66(62,63)40-15-16-43(44(27-40)65(60,61)48(49,50)51)54-37(32-64-39-9-5-4-6-10-39)18-22-52-20-7-8-21-53-33-58/h4-6,9-16,27,33-34,37,41,52,54H,7-8,17-26,28-32H2,1-3H3,(H,53,58)(H,55,59). The summed E-state index contributed by atoms with van der Waals surface area (Å²) >= 11 is 1.42. The minimum absolute atomic E-state index is 0.00939. The van der Waals surface area contributed by atoms with E-state index in [-0.39, 0.29) is 5.56 Å². The second-order valence-corrected chi connectivity index (χ2v) is 23.9. The van der Waals surface area contributed by atoms with E-state index < -0.39 is 52.8 Å². The van der Waals surface area contributed by atoms with Crippen LogP contribution in [0, 0.1) is 22.7 Å².